The Morgan fingerprint density at radius 3 is 2.62 bits per heavy atom. The average Bonchev–Trinajstić information content (AvgIpc) is 2.61. The molecule has 92 valence electrons. The van der Waals surface area contributed by atoms with Gasteiger partial charge in [-0.3, -0.25) is 0 Å². The highest BCUT2D eigenvalue weighted by Crippen LogP contribution is 2.22. The number of sulfonamides is 1. The third-order valence-corrected chi connectivity index (χ3v) is 5.10. The number of hydrogen-bond donors (Lipinski definition) is 2. The number of nitrogens with one attached hydrogen (secondary N) is 1. The summed E-state index contributed by atoms with van der Waals surface area (Å²) in [5.74, 6) is 0.00293. The first-order valence-electron chi connectivity index (χ1n) is 4.61. The second kappa shape index (κ2) is 5.42. The first-order chi connectivity index (χ1) is 7.36. The maximum Gasteiger partial charge on any atom is 0.252 e. The van der Waals surface area contributed by atoms with Crippen LogP contribution in [-0.2, 0) is 10.0 Å². The van der Waals surface area contributed by atoms with Crippen molar-refractivity contribution in [1.82, 2.24) is 9.71 Å². The highest BCUT2D eigenvalue weighted by atomic mass is 35.5. The van der Waals surface area contributed by atoms with Crippen LogP contribution in [0, 0.1) is 5.92 Å². The minimum atomic E-state index is -3.63. The lowest BCUT2D eigenvalue weighted by Gasteiger charge is -2.18. The fourth-order valence-corrected chi connectivity index (χ4v) is 3.69. The lowest BCUT2D eigenvalue weighted by Crippen LogP contribution is -2.40. The molecule has 1 rings (SSSR count). The summed E-state index contributed by atoms with van der Waals surface area (Å²) in [5.41, 5.74) is 0. The maximum absolute atomic E-state index is 11.8. The molecule has 0 saturated carbocycles. The number of aromatic nitrogens is 1. The minimum Gasteiger partial charge on any atom is -0.395 e. The van der Waals surface area contributed by atoms with Crippen molar-refractivity contribution in [3.8, 4) is 0 Å². The van der Waals surface area contributed by atoms with Gasteiger partial charge in [-0.1, -0.05) is 36.8 Å². The quantitative estimate of drug-likeness (QED) is 0.848. The molecule has 1 aromatic rings. The highest BCUT2D eigenvalue weighted by molar-refractivity contribution is 7.91. The SMILES string of the molecule is CC(C)C(CO)NS(=O)(=O)c1cnc(Cl)s1. The molecular weight excluding hydrogens is 272 g/mol. The van der Waals surface area contributed by atoms with Crippen molar-refractivity contribution < 1.29 is 13.5 Å². The zero-order valence-electron chi connectivity index (χ0n) is 8.84. The van der Waals surface area contributed by atoms with Gasteiger partial charge in [0.15, 0.2) is 8.68 Å². The van der Waals surface area contributed by atoms with Gasteiger partial charge >= 0.3 is 0 Å². The molecule has 2 N–H and O–H groups in total. The molecule has 0 radical (unpaired) electrons. The highest BCUT2D eigenvalue weighted by Gasteiger charge is 2.23. The Hall–Kier alpha value is -0.210. The van der Waals surface area contributed by atoms with E-state index in [-0.39, 0.29) is 21.2 Å². The van der Waals surface area contributed by atoms with Crippen molar-refractivity contribution in [3.05, 3.63) is 10.7 Å². The number of thiazole rings is 1. The van der Waals surface area contributed by atoms with Gasteiger partial charge in [0.2, 0.25) is 0 Å². The first kappa shape index (κ1) is 13.9. The van der Waals surface area contributed by atoms with Crippen LogP contribution in [0.15, 0.2) is 10.4 Å². The second-order valence-corrected chi connectivity index (χ2v) is 7.14. The largest absolute Gasteiger partial charge is 0.395 e. The van der Waals surface area contributed by atoms with Gasteiger partial charge in [0.1, 0.15) is 0 Å². The summed E-state index contributed by atoms with van der Waals surface area (Å²) in [4.78, 5) is 3.66. The van der Waals surface area contributed by atoms with Crippen LogP contribution >= 0.6 is 22.9 Å². The molecule has 1 unspecified atom stereocenters. The Bertz CT molecular complexity index is 444. The Kier molecular flexibility index (Phi) is 4.69. The van der Waals surface area contributed by atoms with Crippen LogP contribution in [0.4, 0.5) is 0 Å². The number of aliphatic hydroxyl groups is 1. The van der Waals surface area contributed by atoms with E-state index >= 15 is 0 Å². The van der Waals surface area contributed by atoms with E-state index in [1.54, 1.807) is 0 Å². The molecule has 0 amide bonds. The Balaban J connectivity index is 2.87. The van der Waals surface area contributed by atoms with E-state index in [4.69, 9.17) is 16.7 Å². The van der Waals surface area contributed by atoms with Crippen molar-refractivity contribution in [2.45, 2.75) is 24.1 Å². The molecule has 0 spiro atoms. The zero-order valence-corrected chi connectivity index (χ0v) is 11.2. The molecule has 16 heavy (non-hydrogen) atoms. The second-order valence-electron chi connectivity index (χ2n) is 3.59. The zero-order chi connectivity index (χ0) is 12.3. The molecule has 8 heteroatoms. The molecule has 1 heterocycles. The number of hydrogen-bond acceptors (Lipinski definition) is 5. The molecule has 1 atom stereocenters. The van der Waals surface area contributed by atoms with Crippen LogP contribution in [0.2, 0.25) is 4.47 Å². The van der Waals surface area contributed by atoms with Crippen molar-refractivity contribution in [2.75, 3.05) is 6.61 Å². The molecule has 0 aliphatic heterocycles. The molecule has 0 bridgehead atoms. The van der Waals surface area contributed by atoms with E-state index in [9.17, 15) is 8.42 Å². The van der Waals surface area contributed by atoms with Gasteiger partial charge in [0, 0.05) is 6.04 Å². The van der Waals surface area contributed by atoms with E-state index < -0.39 is 16.1 Å². The van der Waals surface area contributed by atoms with Crippen molar-refractivity contribution in [1.29, 1.82) is 0 Å². The smallest absolute Gasteiger partial charge is 0.252 e. The van der Waals surface area contributed by atoms with Crippen LogP contribution in [0.25, 0.3) is 0 Å². The summed E-state index contributed by atoms with van der Waals surface area (Å²) in [6.07, 6.45) is 1.20. The Morgan fingerprint density at radius 2 is 2.25 bits per heavy atom. The van der Waals surface area contributed by atoms with Gasteiger partial charge in [0.25, 0.3) is 10.0 Å². The van der Waals surface area contributed by atoms with Crippen molar-refractivity contribution in [3.63, 3.8) is 0 Å². The molecular formula is C8H13ClN2O3S2. The first-order valence-corrected chi connectivity index (χ1v) is 7.29. The minimum absolute atomic E-state index is 0.00293. The molecule has 5 nitrogen and oxygen atoms in total. The van der Waals surface area contributed by atoms with Gasteiger partial charge in [-0.05, 0) is 5.92 Å². The molecule has 0 fully saturated rings. The summed E-state index contributed by atoms with van der Waals surface area (Å²) in [7, 11) is -3.63. The normalized spacial score (nSPS) is 14.3. The maximum atomic E-state index is 11.8. The molecule has 0 saturated heterocycles. The molecule has 0 aliphatic rings. The van der Waals surface area contributed by atoms with E-state index in [0.717, 1.165) is 11.3 Å². The van der Waals surface area contributed by atoms with Crippen LogP contribution in [-0.4, -0.2) is 31.2 Å². The van der Waals surface area contributed by atoms with Gasteiger partial charge in [-0.15, -0.1) is 0 Å². The molecule has 1 aromatic heterocycles. The fraction of sp³-hybridized carbons (Fsp3) is 0.625. The predicted molar refractivity (Wildman–Crippen MR) is 63.2 cm³/mol. The number of nitrogens with zero attached hydrogens (tertiary/aromatic N) is 1. The topological polar surface area (TPSA) is 79.3 Å². The summed E-state index contributed by atoms with van der Waals surface area (Å²) in [5, 5.41) is 9.05. The predicted octanol–water partition coefficient (Wildman–Crippen LogP) is 1.09. The Morgan fingerprint density at radius 1 is 1.62 bits per heavy atom. The standard InChI is InChI=1S/C8H13ClN2O3S2/c1-5(2)6(4-12)11-16(13,14)7-3-10-8(9)15-7/h3,5-6,11-12H,4H2,1-2H3. The molecule has 0 aliphatic carbocycles. The number of aliphatic hydroxyl groups excluding tert-OH is 1. The van der Waals surface area contributed by atoms with E-state index in [1.165, 1.54) is 6.20 Å². The summed E-state index contributed by atoms with van der Waals surface area (Å²) >= 11 is 6.45. The van der Waals surface area contributed by atoms with E-state index in [1.807, 2.05) is 13.8 Å². The summed E-state index contributed by atoms with van der Waals surface area (Å²) < 4.78 is 26.2. The third-order valence-electron chi connectivity index (χ3n) is 2.03. The lowest BCUT2D eigenvalue weighted by molar-refractivity contribution is 0.228. The summed E-state index contributed by atoms with van der Waals surface area (Å²) in [6, 6.07) is -0.508. The van der Waals surface area contributed by atoms with E-state index in [2.05, 4.69) is 9.71 Å². The number of rotatable bonds is 5. The van der Waals surface area contributed by atoms with Crippen molar-refractivity contribution in [2.24, 2.45) is 5.92 Å². The van der Waals surface area contributed by atoms with Crippen LogP contribution < -0.4 is 4.72 Å². The van der Waals surface area contributed by atoms with Gasteiger partial charge in [0.05, 0.1) is 12.8 Å². The van der Waals surface area contributed by atoms with Crippen LogP contribution in [0.1, 0.15) is 13.8 Å². The monoisotopic (exact) mass is 284 g/mol. The van der Waals surface area contributed by atoms with Crippen LogP contribution in [0.5, 0.6) is 0 Å². The third kappa shape index (κ3) is 3.39. The lowest BCUT2D eigenvalue weighted by atomic mass is 10.1. The summed E-state index contributed by atoms with van der Waals surface area (Å²) in [6.45, 7) is 3.40. The van der Waals surface area contributed by atoms with Gasteiger partial charge < -0.3 is 5.11 Å². The van der Waals surface area contributed by atoms with Gasteiger partial charge in [-0.2, -0.15) is 0 Å². The van der Waals surface area contributed by atoms with Crippen LogP contribution in [0.3, 0.4) is 0 Å². The van der Waals surface area contributed by atoms with Crippen molar-refractivity contribution >= 4 is 33.0 Å². The van der Waals surface area contributed by atoms with E-state index in [0.29, 0.717) is 0 Å². The number of halogens is 1. The van der Waals surface area contributed by atoms with Gasteiger partial charge in [-0.25, -0.2) is 18.1 Å². The fourth-order valence-electron chi connectivity index (χ4n) is 1.00. The average molecular weight is 285 g/mol. The molecule has 0 aromatic carbocycles. The Labute approximate surface area is 104 Å².